The molecule has 128 valence electrons. The normalized spacial score (nSPS) is 11.5. The Kier molecular flexibility index (Phi) is 4.76. The fourth-order valence-electron chi connectivity index (χ4n) is 2.44. The van der Waals surface area contributed by atoms with Gasteiger partial charge in [-0.15, -0.1) is 11.3 Å². The first kappa shape index (κ1) is 17.0. The zero-order chi connectivity index (χ0) is 18.0. The number of nitrogens with zero attached hydrogens (tertiary/aromatic N) is 3. The van der Waals surface area contributed by atoms with Crippen LogP contribution in [0, 0.1) is 6.92 Å². The molecule has 2 aromatic heterocycles. The summed E-state index contributed by atoms with van der Waals surface area (Å²) in [6.07, 6.45) is 1.61. The van der Waals surface area contributed by atoms with E-state index in [0.717, 1.165) is 10.4 Å². The van der Waals surface area contributed by atoms with Gasteiger partial charge in [0.05, 0.1) is 17.6 Å². The third-order valence-electron chi connectivity index (χ3n) is 3.78. The molecule has 0 spiro atoms. The summed E-state index contributed by atoms with van der Waals surface area (Å²) < 4.78 is 1.32. The van der Waals surface area contributed by atoms with Crippen LogP contribution in [-0.4, -0.2) is 21.9 Å². The SMILES string of the molecule is Cc1ccsc1/C=N\NC(=O)c1nn(C(C)C)c(=O)c2ccccc12. The highest BCUT2D eigenvalue weighted by Crippen LogP contribution is 2.15. The van der Waals surface area contributed by atoms with Crippen LogP contribution in [0.25, 0.3) is 10.8 Å². The van der Waals surface area contributed by atoms with E-state index in [2.05, 4.69) is 15.6 Å². The Morgan fingerprint density at radius 1 is 1.28 bits per heavy atom. The minimum Gasteiger partial charge on any atom is -0.267 e. The maximum Gasteiger partial charge on any atom is 0.292 e. The number of thiophene rings is 1. The molecule has 0 atom stereocenters. The standard InChI is InChI=1S/C18H18N4O2S/c1-11(2)22-18(24)14-7-5-4-6-13(14)16(21-22)17(23)20-19-10-15-12(3)8-9-25-15/h4-11H,1-3H3,(H,20,23)/b19-10-. The number of hydrogen-bond acceptors (Lipinski definition) is 5. The van der Waals surface area contributed by atoms with Crippen molar-refractivity contribution in [3.05, 3.63) is 62.2 Å². The molecule has 0 aliphatic carbocycles. The maximum atomic E-state index is 12.6. The van der Waals surface area contributed by atoms with E-state index < -0.39 is 5.91 Å². The second-order valence-electron chi connectivity index (χ2n) is 5.90. The van der Waals surface area contributed by atoms with E-state index in [9.17, 15) is 9.59 Å². The maximum absolute atomic E-state index is 12.6. The first-order valence-electron chi connectivity index (χ1n) is 7.88. The summed E-state index contributed by atoms with van der Waals surface area (Å²) in [6, 6.07) is 8.80. The summed E-state index contributed by atoms with van der Waals surface area (Å²) in [4.78, 5) is 26.0. The Labute approximate surface area is 148 Å². The molecular weight excluding hydrogens is 336 g/mol. The van der Waals surface area contributed by atoms with E-state index in [1.54, 1.807) is 41.8 Å². The number of aromatic nitrogens is 2. The van der Waals surface area contributed by atoms with Gasteiger partial charge in [-0.25, -0.2) is 10.1 Å². The zero-order valence-corrected chi connectivity index (χ0v) is 15.0. The van der Waals surface area contributed by atoms with E-state index in [1.807, 2.05) is 32.2 Å². The van der Waals surface area contributed by atoms with Gasteiger partial charge in [-0.1, -0.05) is 18.2 Å². The number of aryl methyl sites for hydroxylation is 1. The second kappa shape index (κ2) is 6.98. The highest BCUT2D eigenvalue weighted by atomic mass is 32.1. The van der Waals surface area contributed by atoms with Crippen LogP contribution < -0.4 is 11.0 Å². The van der Waals surface area contributed by atoms with Gasteiger partial charge in [0.25, 0.3) is 11.5 Å². The van der Waals surface area contributed by atoms with Crippen LogP contribution in [0.2, 0.25) is 0 Å². The lowest BCUT2D eigenvalue weighted by atomic mass is 10.1. The monoisotopic (exact) mass is 354 g/mol. The number of amides is 1. The minimum absolute atomic E-state index is 0.152. The molecule has 6 nitrogen and oxygen atoms in total. The molecule has 7 heteroatoms. The highest BCUT2D eigenvalue weighted by Gasteiger charge is 2.17. The van der Waals surface area contributed by atoms with Gasteiger partial charge in [0.2, 0.25) is 0 Å². The molecule has 0 unspecified atom stereocenters. The fourth-order valence-corrected chi connectivity index (χ4v) is 3.23. The van der Waals surface area contributed by atoms with Crippen molar-refractivity contribution in [3.8, 4) is 0 Å². The van der Waals surface area contributed by atoms with Gasteiger partial charge >= 0.3 is 0 Å². The number of hydrazone groups is 1. The van der Waals surface area contributed by atoms with Crippen LogP contribution in [0.4, 0.5) is 0 Å². The van der Waals surface area contributed by atoms with E-state index >= 15 is 0 Å². The van der Waals surface area contributed by atoms with Crippen molar-refractivity contribution in [2.24, 2.45) is 5.10 Å². The van der Waals surface area contributed by atoms with Crippen molar-refractivity contribution in [2.75, 3.05) is 0 Å². The molecule has 3 aromatic rings. The predicted octanol–water partition coefficient (Wildman–Crippen LogP) is 3.11. The number of benzene rings is 1. The van der Waals surface area contributed by atoms with E-state index in [-0.39, 0.29) is 17.3 Å². The minimum atomic E-state index is -0.448. The molecule has 0 bridgehead atoms. The lowest BCUT2D eigenvalue weighted by Gasteiger charge is -2.12. The van der Waals surface area contributed by atoms with Crippen LogP contribution in [0.1, 0.15) is 40.8 Å². The van der Waals surface area contributed by atoms with Crippen LogP contribution in [0.5, 0.6) is 0 Å². The molecule has 2 heterocycles. The summed E-state index contributed by atoms with van der Waals surface area (Å²) in [5.74, 6) is -0.448. The summed E-state index contributed by atoms with van der Waals surface area (Å²) in [5, 5.41) is 11.2. The lowest BCUT2D eigenvalue weighted by molar-refractivity contribution is 0.0949. The van der Waals surface area contributed by atoms with Crippen molar-refractivity contribution in [1.29, 1.82) is 0 Å². The first-order chi connectivity index (χ1) is 12.0. The quantitative estimate of drug-likeness (QED) is 0.578. The molecule has 0 radical (unpaired) electrons. The average Bonchev–Trinajstić information content (AvgIpc) is 3.00. The Morgan fingerprint density at radius 3 is 2.64 bits per heavy atom. The molecule has 0 saturated carbocycles. The summed E-state index contributed by atoms with van der Waals surface area (Å²) in [7, 11) is 0. The third kappa shape index (κ3) is 3.36. The molecule has 0 saturated heterocycles. The molecule has 0 fully saturated rings. The van der Waals surface area contributed by atoms with Crippen molar-refractivity contribution in [3.63, 3.8) is 0 Å². The van der Waals surface area contributed by atoms with Crippen molar-refractivity contribution in [1.82, 2.24) is 15.2 Å². The molecule has 1 N–H and O–H groups in total. The van der Waals surface area contributed by atoms with Crippen LogP contribution in [0.15, 0.2) is 45.6 Å². The van der Waals surface area contributed by atoms with Gasteiger partial charge in [-0.05, 0) is 43.8 Å². The van der Waals surface area contributed by atoms with Crippen LogP contribution in [-0.2, 0) is 0 Å². The van der Waals surface area contributed by atoms with E-state index in [0.29, 0.717) is 10.8 Å². The van der Waals surface area contributed by atoms with Crippen molar-refractivity contribution in [2.45, 2.75) is 26.8 Å². The number of nitrogens with one attached hydrogen (secondary N) is 1. The van der Waals surface area contributed by atoms with Gasteiger partial charge < -0.3 is 0 Å². The van der Waals surface area contributed by atoms with Crippen LogP contribution >= 0.6 is 11.3 Å². The van der Waals surface area contributed by atoms with E-state index in [4.69, 9.17) is 0 Å². The first-order valence-corrected chi connectivity index (χ1v) is 8.76. The number of carbonyl (C=O) groups is 1. The van der Waals surface area contributed by atoms with Gasteiger partial charge in [0, 0.05) is 10.3 Å². The number of hydrogen-bond donors (Lipinski definition) is 1. The average molecular weight is 354 g/mol. The lowest BCUT2D eigenvalue weighted by Crippen LogP contribution is -2.30. The van der Waals surface area contributed by atoms with Gasteiger partial charge in [-0.3, -0.25) is 9.59 Å². The topological polar surface area (TPSA) is 76.3 Å². The van der Waals surface area contributed by atoms with Crippen molar-refractivity contribution < 1.29 is 4.79 Å². The largest absolute Gasteiger partial charge is 0.292 e. The third-order valence-corrected chi connectivity index (χ3v) is 4.74. The molecular formula is C18H18N4O2S. The molecule has 1 aromatic carbocycles. The summed E-state index contributed by atoms with van der Waals surface area (Å²) >= 11 is 1.55. The Bertz CT molecular complexity index is 1020. The summed E-state index contributed by atoms with van der Waals surface area (Å²) in [5.41, 5.74) is 3.57. The highest BCUT2D eigenvalue weighted by molar-refractivity contribution is 7.11. The Morgan fingerprint density at radius 2 is 2.00 bits per heavy atom. The smallest absolute Gasteiger partial charge is 0.267 e. The molecule has 0 aliphatic heterocycles. The molecule has 3 rings (SSSR count). The predicted molar refractivity (Wildman–Crippen MR) is 101 cm³/mol. The van der Waals surface area contributed by atoms with Gasteiger partial charge in [0.1, 0.15) is 0 Å². The number of rotatable bonds is 4. The Balaban J connectivity index is 1.98. The van der Waals surface area contributed by atoms with E-state index in [1.165, 1.54) is 4.68 Å². The van der Waals surface area contributed by atoms with Crippen molar-refractivity contribution >= 4 is 34.2 Å². The van der Waals surface area contributed by atoms with Gasteiger partial charge in [0.15, 0.2) is 5.69 Å². The van der Waals surface area contributed by atoms with Crippen LogP contribution in [0.3, 0.4) is 0 Å². The summed E-state index contributed by atoms with van der Waals surface area (Å²) in [6.45, 7) is 5.68. The number of fused-ring (bicyclic) bond motifs is 1. The zero-order valence-electron chi connectivity index (χ0n) is 14.2. The number of carbonyl (C=O) groups excluding carboxylic acids is 1. The molecule has 0 aliphatic rings. The Hall–Kier alpha value is -2.80. The fraction of sp³-hybridized carbons (Fsp3) is 0.222. The molecule has 25 heavy (non-hydrogen) atoms. The molecule has 1 amide bonds. The van der Waals surface area contributed by atoms with Gasteiger partial charge in [-0.2, -0.15) is 10.2 Å². The second-order valence-corrected chi connectivity index (χ2v) is 6.85.